The molecule has 0 aliphatic heterocycles. The van der Waals surface area contributed by atoms with Gasteiger partial charge in [0.1, 0.15) is 17.3 Å². The number of aromatic nitrogens is 1. The highest BCUT2D eigenvalue weighted by Crippen LogP contribution is 2.27. The zero-order valence-electron chi connectivity index (χ0n) is 7.80. The van der Waals surface area contributed by atoms with E-state index in [0.29, 0.717) is 10.9 Å². The SMILES string of the molecule is COc1nc(C(F)F)cc(CBr)c1C#N. The Labute approximate surface area is 93.8 Å². The van der Waals surface area contributed by atoms with Crippen molar-refractivity contribution in [3.8, 4) is 11.9 Å². The van der Waals surface area contributed by atoms with Crippen LogP contribution in [0, 0.1) is 11.3 Å². The third kappa shape index (κ3) is 2.42. The number of alkyl halides is 3. The number of ether oxygens (including phenoxy) is 1. The van der Waals surface area contributed by atoms with Crippen LogP contribution in [0.4, 0.5) is 8.78 Å². The molecule has 0 saturated carbocycles. The van der Waals surface area contributed by atoms with Gasteiger partial charge in [-0.25, -0.2) is 13.8 Å². The summed E-state index contributed by atoms with van der Waals surface area (Å²) in [5, 5.41) is 9.11. The Balaban J connectivity index is 3.37. The maximum atomic E-state index is 12.4. The molecule has 0 aliphatic carbocycles. The van der Waals surface area contributed by atoms with E-state index < -0.39 is 6.43 Å². The maximum Gasteiger partial charge on any atom is 0.280 e. The lowest BCUT2D eigenvalue weighted by Crippen LogP contribution is -2.01. The average molecular weight is 277 g/mol. The van der Waals surface area contributed by atoms with Crippen LogP contribution in [0.1, 0.15) is 23.2 Å². The average Bonchev–Trinajstić information content (AvgIpc) is 2.26. The number of nitrogens with zero attached hydrogens (tertiary/aromatic N) is 2. The first-order valence-electron chi connectivity index (χ1n) is 3.96. The normalized spacial score (nSPS) is 10.1. The van der Waals surface area contributed by atoms with Crippen LogP contribution >= 0.6 is 15.9 Å². The summed E-state index contributed by atoms with van der Waals surface area (Å²) in [7, 11) is 1.29. The Hall–Kier alpha value is -1.22. The van der Waals surface area contributed by atoms with Crippen LogP contribution < -0.4 is 4.74 Å². The van der Waals surface area contributed by atoms with E-state index in [0.717, 1.165) is 0 Å². The van der Waals surface area contributed by atoms with Crippen LogP contribution in [0.25, 0.3) is 0 Å². The Morgan fingerprint density at radius 2 is 2.33 bits per heavy atom. The molecule has 0 unspecified atom stereocenters. The highest BCUT2D eigenvalue weighted by Gasteiger charge is 2.17. The van der Waals surface area contributed by atoms with Crippen LogP contribution in [0.15, 0.2) is 6.07 Å². The van der Waals surface area contributed by atoms with Gasteiger partial charge in [-0.3, -0.25) is 0 Å². The van der Waals surface area contributed by atoms with Gasteiger partial charge in [-0.15, -0.1) is 0 Å². The number of rotatable bonds is 3. The molecule has 0 atom stereocenters. The molecule has 80 valence electrons. The summed E-state index contributed by atoms with van der Waals surface area (Å²) in [6.45, 7) is 0. The minimum Gasteiger partial charge on any atom is -0.480 e. The highest BCUT2D eigenvalue weighted by molar-refractivity contribution is 9.08. The summed E-state index contributed by atoms with van der Waals surface area (Å²) in [6.07, 6.45) is -2.68. The number of hydrogen-bond acceptors (Lipinski definition) is 3. The Kier molecular flexibility index (Phi) is 3.97. The van der Waals surface area contributed by atoms with Crippen LogP contribution in [0.5, 0.6) is 5.88 Å². The van der Waals surface area contributed by atoms with Crippen molar-refractivity contribution in [2.24, 2.45) is 0 Å². The van der Waals surface area contributed by atoms with Crippen molar-refractivity contribution in [2.45, 2.75) is 11.8 Å². The van der Waals surface area contributed by atoms with E-state index in [2.05, 4.69) is 20.9 Å². The molecule has 1 aromatic rings. The van der Waals surface area contributed by atoms with E-state index >= 15 is 0 Å². The van der Waals surface area contributed by atoms with Crippen molar-refractivity contribution >= 4 is 15.9 Å². The first-order chi connectivity index (χ1) is 7.13. The number of nitriles is 1. The largest absolute Gasteiger partial charge is 0.480 e. The molecule has 0 spiro atoms. The van der Waals surface area contributed by atoms with Gasteiger partial charge in [0.25, 0.3) is 6.43 Å². The number of hydrogen-bond donors (Lipinski definition) is 0. The maximum absolute atomic E-state index is 12.4. The summed E-state index contributed by atoms with van der Waals surface area (Å²) in [6, 6.07) is 3.06. The smallest absolute Gasteiger partial charge is 0.280 e. The van der Waals surface area contributed by atoms with Crippen molar-refractivity contribution in [1.29, 1.82) is 5.26 Å². The lowest BCUT2D eigenvalue weighted by molar-refractivity contribution is 0.145. The van der Waals surface area contributed by atoms with Crippen LogP contribution in [0.2, 0.25) is 0 Å². The number of halogens is 3. The molecule has 0 N–H and O–H groups in total. The van der Waals surface area contributed by atoms with E-state index in [-0.39, 0.29) is 17.1 Å². The Bertz CT molecular complexity index is 379. The predicted octanol–water partition coefficient (Wildman–Crippen LogP) is 2.79. The van der Waals surface area contributed by atoms with Crippen LogP contribution in [-0.2, 0) is 5.33 Å². The molecule has 1 heterocycles. The van der Waals surface area contributed by atoms with E-state index in [1.807, 2.05) is 6.07 Å². The van der Waals surface area contributed by atoms with Gasteiger partial charge in [-0.05, 0) is 11.6 Å². The first-order valence-corrected chi connectivity index (χ1v) is 5.08. The molecule has 0 amide bonds. The van der Waals surface area contributed by atoms with Gasteiger partial charge in [0.05, 0.1) is 7.11 Å². The molecule has 0 bridgehead atoms. The summed E-state index contributed by atoms with van der Waals surface area (Å²) in [4.78, 5) is 3.55. The molecule has 0 saturated heterocycles. The zero-order chi connectivity index (χ0) is 11.4. The highest BCUT2D eigenvalue weighted by atomic mass is 79.9. The second-order valence-electron chi connectivity index (χ2n) is 2.64. The predicted molar refractivity (Wildman–Crippen MR) is 53.1 cm³/mol. The third-order valence-electron chi connectivity index (χ3n) is 1.76. The third-order valence-corrected chi connectivity index (χ3v) is 2.36. The molecule has 3 nitrogen and oxygen atoms in total. The molecular formula is C9H7BrF2N2O. The fourth-order valence-corrected chi connectivity index (χ4v) is 1.52. The van der Waals surface area contributed by atoms with Crippen molar-refractivity contribution in [1.82, 2.24) is 4.98 Å². The van der Waals surface area contributed by atoms with Crippen LogP contribution in [0.3, 0.4) is 0 Å². The minimum atomic E-state index is -2.68. The van der Waals surface area contributed by atoms with Gasteiger partial charge >= 0.3 is 0 Å². The van der Waals surface area contributed by atoms with E-state index in [1.54, 1.807) is 0 Å². The lowest BCUT2D eigenvalue weighted by Gasteiger charge is -2.08. The van der Waals surface area contributed by atoms with E-state index in [9.17, 15) is 8.78 Å². The Morgan fingerprint density at radius 3 is 2.73 bits per heavy atom. The second-order valence-corrected chi connectivity index (χ2v) is 3.20. The summed E-state index contributed by atoms with van der Waals surface area (Å²) < 4.78 is 29.6. The van der Waals surface area contributed by atoms with Gasteiger partial charge in [-0.1, -0.05) is 15.9 Å². The summed E-state index contributed by atoms with van der Waals surface area (Å²) in [5.74, 6) is -0.0650. The second kappa shape index (κ2) is 5.03. The van der Waals surface area contributed by atoms with Gasteiger partial charge in [0.15, 0.2) is 0 Å². The van der Waals surface area contributed by atoms with Crippen LogP contribution in [-0.4, -0.2) is 12.1 Å². The van der Waals surface area contributed by atoms with Gasteiger partial charge in [0.2, 0.25) is 5.88 Å². The quantitative estimate of drug-likeness (QED) is 0.798. The number of pyridine rings is 1. The van der Waals surface area contributed by atoms with E-state index in [1.165, 1.54) is 13.2 Å². The molecule has 1 rings (SSSR count). The topological polar surface area (TPSA) is 45.9 Å². The molecule has 0 aliphatic rings. The molecule has 6 heteroatoms. The van der Waals surface area contributed by atoms with Crippen molar-refractivity contribution in [2.75, 3.05) is 7.11 Å². The van der Waals surface area contributed by atoms with Gasteiger partial charge < -0.3 is 4.74 Å². The molecule has 0 aromatic carbocycles. The van der Waals surface area contributed by atoms with E-state index in [4.69, 9.17) is 10.00 Å². The van der Waals surface area contributed by atoms with Crippen molar-refractivity contribution in [3.63, 3.8) is 0 Å². The standard InChI is InChI=1S/C9H7BrF2N2O/c1-15-9-6(4-13)5(3-10)2-7(14-9)8(11)12/h2,8H,3H2,1H3. The van der Waals surface area contributed by atoms with Crippen molar-refractivity contribution in [3.05, 3.63) is 22.9 Å². The summed E-state index contributed by atoms with van der Waals surface area (Å²) in [5.41, 5.74) is 0.235. The van der Waals surface area contributed by atoms with Crippen molar-refractivity contribution < 1.29 is 13.5 Å². The fourth-order valence-electron chi connectivity index (χ4n) is 1.08. The number of methoxy groups -OCH3 is 1. The minimum absolute atomic E-state index is 0.0650. The lowest BCUT2D eigenvalue weighted by atomic mass is 10.1. The first kappa shape index (κ1) is 11.9. The monoisotopic (exact) mass is 276 g/mol. The van der Waals surface area contributed by atoms with Gasteiger partial charge in [-0.2, -0.15) is 5.26 Å². The van der Waals surface area contributed by atoms with Gasteiger partial charge in [0, 0.05) is 5.33 Å². The zero-order valence-corrected chi connectivity index (χ0v) is 9.38. The molecule has 15 heavy (non-hydrogen) atoms. The molecule has 0 radical (unpaired) electrons. The molecule has 1 aromatic heterocycles. The Morgan fingerprint density at radius 1 is 1.67 bits per heavy atom. The molecule has 0 fully saturated rings. The summed E-state index contributed by atoms with van der Waals surface area (Å²) >= 11 is 3.12. The fraction of sp³-hybridized carbons (Fsp3) is 0.333. The molecular weight excluding hydrogens is 270 g/mol.